The highest BCUT2D eigenvalue weighted by Crippen LogP contribution is 2.13. The van der Waals surface area contributed by atoms with E-state index in [-0.39, 0.29) is 5.91 Å². The SMILES string of the molecule is CCc1nccc(C(N)=O)c1CC. The first-order valence-electron chi connectivity index (χ1n) is 4.47. The average molecular weight is 178 g/mol. The first kappa shape index (κ1) is 9.71. The molecule has 0 spiro atoms. The Morgan fingerprint density at radius 1 is 1.46 bits per heavy atom. The molecule has 1 aromatic heterocycles. The van der Waals surface area contributed by atoms with Crippen LogP contribution in [0.15, 0.2) is 12.3 Å². The van der Waals surface area contributed by atoms with Crippen LogP contribution in [0.1, 0.15) is 35.5 Å². The third kappa shape index (κ3) is 1.86. The van der Waals surface area contributed by atoms with Gasteiger partial charge in [-0.25, -0.2) is 0 Å². The van der Waals surface area contributed by atoms with Crippen molar-refractivity contribution in [1.82, 2.24) is 4.98 Å². The number of nitrogens with two attached hydrogens (primary N) is 1. The van der Waals surface area contributed by atoms with Crippen LogP contribution in [0.2, 0.25) is 0 Å². The van der Waals surface area contributed by atoms with Crippen LogP contribution in [-0.4, -0.2) is 10.9 Å². The largest absolute Gasteiger partial charge is 0.366 e. The summed E-state index contributed by atoms with van der Waals surface area (Å²) in [5, 5.41) is 0. The number of rotatable bonds is 3. The summed E-state index contributed by atoms with van der Waals surface area (Å²) in [7, 11) is 0. The summed E-state index contributed by atoms with van der Waals surface area (Å²) < 4.78 is 0. The number of carbonyl (C=O) groups is 1. The number of primary amides is 1. The van der Waals surface area contributed by atoms with Crippen molar-refractivity contribution in [3.05, 3.63) is 29.1 Å². The second-order valence-electron chi connectivity index (χ2n) is 2.86. The monoisotopic (exact) mass is 178 g/mol. The number of carbonyl (C=O) groups excluding carboxylic acids is 1. The molecule has 0 aliphatic rings. The average Bonchev–Trinajstić information content (AvgIpc) is 2.16. The van der Waals surface area contributed by atoms with E-state index in [9.17, 15) is 4.79 Å². The van der Waals surface area contributed by atoms with Gasteiger partial charge in [0, 0.05) is 17.5 Å². The fourth-order valence-corrected chi connectivity index (χ4v) is 1.47. The van der Waals surface area contributed by atoms with Crippen molar-refractivity contribution in [1.29, 1.82) is 0 Å². The third-order valence-corrected chi connectivity index (χ3v) is 2.10. The Morgan fingerprint density at radius 2 is 2.15 bits per heavy atom. The molecule has 0 aliphatic carbocycles. The summed E-state index contributed by atoms with van der Waals surface area (Å²) in [5.41, 5.74) is 7.81. The van der Waals surface area contributed by atoms with Gasteiger partial charge in [0.1, 0.15) is 0 Å². The topological polar surface area (TPSA) is 56.0 Å². The van der Waals surface area contributed by atoms with Gasteiger partial charge in [0.25, 0.3) is 0 Å². The molecule has 1 amide bonds. The fraction of sp³-hybridized carbons (Fsp3) is 0.400. The second-order valence-corrected chi connectivity index (χ2v) is 2.86. The van der Waals surface area contributed by atoms with Crippen LogP contribution in [0.3, 0.4) is 0 Å². The van der Waals surface area contributed by atoms with Crippen molar-refractivity contribution >= 4 is 5.91 Å². The predicted octanol–water partition coefficient (Wildman–Crippen LogP) is 1.31. The lowest BCUT2D eigenvalue weighted by Gasteiger charge is -2.07. The second kappa shape index (κ2) is 4.03. The standard InChI is InChI=1S/C10H14N2O/c1-3-7-8(10(11)13)5-6-12-9(7)4-2/h5-6H,3-4H2,1-2H3,(H2,11,13). The Labute approximate surface area is 78.0 Å². The van der Waals surface area contributed by atoms with E-state index in [0.29, 0.717) is 5.56 Å². The molecule has 0 fully saturated rings. The number of nitrogens with zero attached hydrogens (tertiary/aromatic N) is 1. The van der Waals surface area contributed by atoms with E-state index in [2.05, 4.69) is 4.98 Å². The van der Waals surface area contributed by atoms with E-state index >= 15 is 0 Å². The third-order valence-electron chi connectivity index (χ3n) is 2.10. The Bertz CT molecular complexity index is 321. The van der Waals surface area contributed by atoms with Crippen LogP contribution in [0, 0.1) is 0 Å². The summed E-state index contributed by atoms with van der Waals surface area (Å²) in [5.74, 6) is -0.367. The highest BCUT2D eigenvalue weighted by Gasteiger charge is 2.10. The molecule has 1 rings (SSSR count). The van der Waals surface area contributed by atoms with Gasteiger partial charge in [0.15, 0.2) is 0 Å². The molecule has 0 saturated carbocycles. The van der Waals surface area contributed by atoms with Crippen LogP contribution in [-0.2, 0) is 12.8 Å². The van der Waals surface area contributed by atoms with Gasteiger partial charge in [-0.05, 0) is 24.5 Å². The first-order chi connectivity index (χ1) is 6.20. The van der Waals surface area contributed by atoms with E-state index in [1.54, 1.807) is 12.3 Å². The highest BCUT2D eigenvalue weighted by molar-refractivity contribution is 5.94. The van der Waals surface area contributed by atoms with Crippen molar-refractivity contribution in [2.45, 2.75) is 26.7 Å². The van der Waals surface area contributed by atoms with Crippen molar-refractivity contribution in [3.63, 3.8) is 0 Å². The van der Waals surface area contributed by atoms with Crippen molar-refractivity contribution in [2.75, 3.05) is 0 Å². The number of aryl methyl sites for hydroxylation is 1. The van der Waals surface area contributed by atoms with Gasteiger partial charge in [0.05, 0.1) is 0 Å². The highest BCUT2D eigenvalue weighted by atomic mass is 16.1. The summed E-state index contributed by atoms with van der Waals surface area (Å²) >= 11 is 0. The van der Waals surface area contributed by atoms with Crippen LogP contribution in [0.5, 0.6) is 0 Å². The minimum absolute atomic E-state index is 0.367. The van der Waals surface area contributed by atoms with Gasteiger partial charge in [0.2, 0.25) is 5.91 Å². The predicted molar refractivity (Wildman–Crippen MR) is 51.5 cm³/mol. The lowest BCUT2D eigenvalue weighted by molar-refractivity contribution is 0.0999. The first-order valence-corrected chi connectivity index (χ1v) is 4.47. The fourth-order valence-electron chi connectivity index (χ4n) is 1.47. The van der Waals surface area contributed by atoms with E-state index in [1.807, 2.05) is 13.8 Å². The Kier molecular flexibility index (Phi) is 3.01. The molecule has 0 aliphatic heterocycles. The molecule has 0 aromatic carbocycles. The minimum Gasteiger partial charge on any atom is -0.366 e. The van der Waals surface area contributed by atoms with Gasteiger partial charge < -0.3 is 5.73 Å². The quantitative estimate of drug-likeness (QED) is 0.758. The smallest absolute Gasteiger partial charge is 0.249 e. The summed E-state index contributed by atoms with van der Waals surface area (Å²) in [4.78, 5) is 15.2. The maximum absolute atomic E-state index is 11.0. The lowest BCUT2D eigenvalue weighted by atomic mass is 10.0. The molecule has 1 aromatic rings. The number of pyridine rings is 1. The van der Waals surface area contributed by atoms with Gasteiger partial charge in [-0.1, -0.05) is 13.8 Å². The van der Waals surface area contributed by atoms with E-state index in [0.717, 1.165) is 24.1 Å². The van der Waals surface area contributed by atoms with Crippen LogP contribution >= 0.6 is 0 Å². The molecule has 70 valence electrons. The molecule has 3 heteroatoms. The van der Waals surface area contributed by atoms with Crippen LogP contribution in [0.4, 0.5) is 0 Å². The van der Waals surface area contributed by atoms with E-state index in [1.165, 1.54) is 0 Å². The van der Waals surface area contributed by atoms with Gasteiger partial charge in [-0.2, -0.15) is 0 Å². The zero-order valence-electron chi connectivity index (χ0n) is 8.00. The minimum atomic E-state index is -0.367. The zero-order chi connectivity index (χ0) is 9.84. The summed E-state index contributed by atoms with van der Waals surface area (Å²) in [6.45, 7) is 4.02. The van der Waals surface area contributed by atoms with E-state index < -0.39 is 0 Å². The number of hydrogen-bond donors (Lipinski definition) is 1. The van der Waals surface area contributed by atoms with Crippen molar-refractivity contribution < 1.29 is 4.79 Å². The molecule has 0 unspecified atom stereocenters. The molecular formula is C10H14N2O. The van der Waals surface area contributed by atoms with Crippen molar-refractivity contribution in [2.24, 2.45) is 5.73 Å². The normalized spacial score (nSPS) is 10.0. The molecule has 0 saturated heterocycles. The van der Waals surface area contributed by atoms with Gasteiger partial charge >= 0.3 is 0 Å². The van der Waals surface area contributed by atoms with Crippen LogP contribution in [0.25, 0.3) is 0 Å². The summed E-state index contributed by atoms with van der Waals surface area (Å²) in [6, 6.07) is 1.68. The molecule has 0 radical (unpaired) electrons. The van der Waals surface area contributed by atoms with Gasteiger partial charge in [-0.15, -0.1) is 0 Å². The van der Waals surface area contributed by atoms with Crippen molar-refractivity contribution in [3.8, 4) is 0 Å². The Morgan fingerprint density at radius 3 is 2.62 bits per heavy atom. The number of aromatic nitrogens is 1. The van der Waals surface area contributed by atoms with Crippen LogP contribution < -0.4 is 5.73 Å². The number of amides is 1. The molecule has 2 N–H and O–H groups in total. The summed E-state index contributed by atoms with van der Waals surface area (Å²) in [6.07, 6.45) is 3.28. The molecular weight excluding hydrogens is 164 g/mol. The van der Waals surface area contributed by atoms with Gasteiger partial charge in [-0.3, -0.25) is 9.78 Å². The maximum Gasteiger partial charge on any atom is 0.249 e. The Balaban J connectivity index is 3.27. The molecule has 0 atom stereocenters. The zero-order valence-corrected chi connectivity index (χ0v) is 8.00. The molecule has 13 heavy (non-hydrogen) atoms. The Hall–Kier alpha value is -1.38. The molecule has 0 bridgehead atoms. The number of hydrogen-bond acceptors (Lipinski definition) is 2. The molecule has 1 heterocycles. The lowest BCUT2D eigenvalue weighted by Crippen LogP contribution is -2.15. The maximum atomic E-state index is 11.0. The van der Waals surface area contributed by atoms with E-state index in [4.69, 9.17) is 5.73 Å². The molecule has 3 nitrogen and oxygen atoms in total.